The maximum absolute atomic E-state index is 11.8. The minimum absolute atomic E-state index is 0.298. The molecular formula is C22H25N5O4. The van der Waals surface area contributed by atoms with Gasteiger partial charge in [0, 0.05) is 45.4 Å². The van der Waals surface area contributed by atoms with Crippen molar-refractivity contribution >= 4 is 12.0 Å². The van der Waals surface area contributed by atoms with Crippen molar-refractivity contribution in [1.82, 2.24) is 14.5 Å². The lowest BCUT2D eigenvalue weighted by molar-refractivity contribution is 0.0342. The predicted octanol–water partition coefficient (Wildman–Crippen LogP) is 1.64. The maximum atomic E-state index is 11.8. The van der Waals surface area contributed by atoms with E-state index in [9.17, 15) is 9.59 Å². The molecule has 1 saturated heterocycles. The third-order valence-electron chi connectivity index (χ3n) is 5.19. The van der Waals surface area contributed by atoms with E-state index in [-0.39, 0.29) is 0 Å². The number of rotatable bonds is 6. The number of morpholine rings is 1. The molecule has 9 heteroatoms. The second-order valence-electron chi connectivity index (χ2n) is 7.42. The average Bonchev–Trinajstić information content (AvgIpc) is 3.25. The summed E-state index contributed by atoms with van der Waals surface area (Å²) >= 11 is 0. The molecule has 4 rings (SSSR count). The predicted molar refractivity (Wildman–Crippen MR) is 119 cm³/mol. The minimum atomic E-state index is -0.498. The highest BCUT2D eigenvalue weighted by Gasteiger charge is 2.12. The lowest BCUT2D eigenvalue weighted by Crippen LogP contribution is -2.35. The molecule has 2 aromatic heterocycles. The van der Waals surface area contributed by atoms with E-state index < -0.39 is 11.2 Å². The lowest BCUT2D eigenvalue weighted by atomic mass is 10.1. The van der Waals surface area contributed by atoms with E-state index >= 15 is 0 Å². The Morgan fingerprint density at radius 1 is 1.16 bits per heavy atom. The largest absolute Gasteiger partial charge is 0.455 e. The van der Waals surface area contributed by atoms with E-state index in [1.165, 1.54) is 29.9 Å². The molecule has 1 aromatic carbocycles. The Hall–Kier alpha value is -3.43. The Kier molecular flexibility index (Phi) is 6.15. The summed E-state index contributed by atoms with van der Waals surface area (Å²) in [5, 5.41) is 5.67. The van der Waals surface area contributed by atoms with Gasteiger partial charge < -0.3 is 9.15 Å². The quantitative estimate of drug-likeness (QED) is 0.478. The number of aromatic amines is 1. The number of nitrogens with zero attached hydrogens (tertiary/aromatic N) is 4. The Labute approximate surface area is 179 Å². The molecule has 1 aliphatic rings. The molecule has 9 nitrogen and oxygen atoms in total. The maximum Gasteiger partial charge on any atom is 0.329 e. The van der Waals surface area contributed by atoms with Crippen molar-refractivity contribution in [3.05, 3.63) is 74.6 Å². The lowest BCUT2D eigenvalue weighted by Gasteiger charge is -2.26. The van der Waals surface area contributed by atoms with Crippen molar-refractivity contribution in [2.45, 2.75) is 6.54 Å². The van der Waals surface area contributed by atoms with Crippen LogP contribution in [0.15, 0.2) is 61.6 Å². The van der Waals surface area contributed by atoms with Crippen molar-refractivity contribution in [2.24, 2.45) is 12.1 Å². The number of hydrogen-bond acceptors (Lipinski definition) is 7. The zero-order chi connectivity index (χ0) is 21.8. The van der Waals surface area contributed by atoms with Gasteiger partial charge in [0.15, 0.2) is 0 Å². The van der Waals surface area contributed by atoms with Crippen molar-refractivity contribution in [1.29, 1.82) is 0 Å². The number of aromatic nitrogens is 2. The van der Waals surface area contributed by atoms with E-state index in [0.29, 0.717) is 11.6 Å². The topological polar surface area (TPSA) is 96.1 Å². The normalized spacial score (nSPS) is 14.9. The van der Waals surface area contributed by atoms with Gasteiger partial charge in [0.1, 0.15) is 17.3 Å². The molecule has 0 unspecified atom stereocenters. The first-order valence-electron chi connectivity index (χ1n) is 10.1. The first kappa shape index (κ1) is 20.8. The molecule has 0 aliphatic carbocycles. The summed E-state index contributed by atoms with van der Waals surface area (Å²) in [5.41, 5.74) is 1.31. The van der Waals surface area contributed by atoms with Crippen molar-refractivity contribution in [3.63, 3.8) is 0 Å². The summed E-state index contributed by atoms with van der Waals surface area (Å²) in [4.78, 5) is 28.5. The molecule has 0 saturated carbocycles. The highest BCUT2D eigenvalue weighted by atomic mass is 16.5. The first-order valence-corrected chi connectivity index (χ1v) is 10.1. The van der Waals surface area contributed by atoms with E-state index in [1.807, 2.05) is 24.3 Å². The molecule has 0 atom stereocenters. The van der Waals surface area contributed by atoms with E-state index in [0.717, 1.165) is 48.7 Å². The van der Waals surface area contributed by atoms with Crippen LogP contribution in [-0.4, -0.2) is 54.0 Å². The SMILES string of the molecule is CN(N=Cc1ccc(-c2cccc(CN3CCOCC3)c2)o1)c1cc(=O)n(C)c(=O)[nH]1. The van der Waals surface area contributed by atoms with Gasteiger partial charge in [-0.3, -0.25) is 24.3 Å². The Bertz CT molecular complexity index is 1160. The van der Waals surface area contributed by atoms with Crippen LogP contribution in [0.4, 0.5) is 5.82 Å². The Morgan fingerprint density at radius 3 is 2.74 bits per heavy atom. The van der Waals surface area contributed by atoms with Crippen molar-refractivity contribution in [3.8, 4) is 11.3 Å². The van der Waals surface area contributed by atoms with Gasteiger partial charge in [-0.25, -0.2) is 4.79 Å². The third-order valence-corrected chi connectivity index (χ3v) is 5.19. The first-order chi connectivity index (χ1) is 15.0. The van der Waals surface area contributed by atoms with Crippen LogP contribution in [0.5, 0.6) is 0 Å². The van der Waals surface area contributed by atoms with Gasteiger partial charge in [-0.1, -0.05) is 18.2 Å². The summed E-state index contributed by atoms with van der Waals surface area (Å²) in [6.07, 6.45) is 1.54. The van der Waals surface area contributed by atoms with Crippen LogP contribution in [0.25, 0.3) is 11.3 Å². The molecule has 0 radical (unpaired) electrons. The van der Waals surface area contributed by atoms with Gasteiger partial charge in [-0.05, 0) is 23.8 Å². The summed E-state index contributed by atoms with van der Waals surface area (Å²) in [6.45, 7) is 4.32. The van der Waals surface area contributed by atoms with Gasteiger partial charge in [0.05, 0.1) is 19.4 Å². The summed E-state index contributed by atoms with van der Waals surface area (Å²) in [5.74, 6) is 1.61. The highest BCUT2D eigenvalue weighted by molar-refractivity contribution is 5.78. The number of H-pyrrole nitrogens is 1. The highest BCUT2D eigenvalue weighted by Crippen LogP contribution is 2.23. The molecule has 0 bridgehead atoms. The second-order valence-corrected chi connectivity index (χ2v) is 7.42. The number of nitrogens with one attached hydrogen (secondary N) is 1. The van der Waals surface area contributed by atoms with Crippen molar-refractivity contribution < 1.29 is 9.15 Å². The molecule has 1 N–H and O–H groups in total. The van der Waals surface area contributed by atoms with Crippen LogP contribution in [0.3, 0.4) is 0 Å². The monoisotopic (exact) mass is 423 g/mol. The molecule has 1 fully saturated rings. The fourth-order valence-electron chi connectivity index (χ4n) is 3.34. The summed E-state index contributed by atoms with van der Waals surface area (Å²) in [6, 6.07) is 13.3. The Balaban J connectivity index is 1.46. The minimum Gasteiger partial charge on any atom is -0.455 e. The van der Waals surface area contributed by atoms with Crippen LogP contribution in [0, 0.1) is 0 Å². The zero-order valence-corrected chi connectivity index (χ0v) is 17.6. The summed E-state index contributed by atoms with van der Waals surface area (Å²) < 4.78 is 12.3. The molecule has 162 valence electrons. The van der Waals surface area contributed by atoms with Crippen LogP contribution in [0.2, 0.25) is 0 Å². The number of hydrazone groups is 1. The fourth-order valence-corrected chi connectivity index (χ4v) is 3.34. The van der Waals surface area contributed by atoms with E-state index in [1.54, 1.807) is 7.05 Å². The molecule has 3 heterocycles. The van der Waals surface area contributed by atoms with Crippen molar-refractivity contribution in [2.75, 3.05) is 38.4 Å². The number of benzene rings is 1. The zero-order valence-electron chi connectivity index (χ0n) is 17.6. The summed E-state index contributed by atoms with van der Waals surface area (Å²) in [7, 11) is 3.05. The molecule has 0 spiro atoms. The van der Waals surface area contributed by atoms with Crippen LogP contribution in [0.1, 0.15) is 11.3 Å². The number of furan rings is 1. The molecule has 3 aromatic rings. The van der Waals surface area contributed by atoms with Crippen LogP contribution < -0.4 is 16.3 Å². The third kappa shape index (κ3) is 5.01. The van der Waals surface area contributed by atoms with Gasteiger partial charge in [-0.2, -0.15) is 5.10 Å². The average molecular weight is 423 g/mol. The number of anilines is 1. The molecule has 31 heavy (non-hydrogen) atoms. The van der Waals surface area contributed by atoms with Crippen LogP contribution in [-0.2, 0) is 18.3 Å². The van der Waals surface area contributed by atoms with Gasteiger partial charge >= 0.3 is 5.69 Å². The molecule has 0 amide bonds. The van der Waals surface area contributed by atoms with Gasteiger partial charge in [0.25, 0.3) is 5.56 Å². The van der Waals surface area contributed by atoms with Crippen LogP contribution >= 0.6 is 0 Å². The van der Waals surface area contributed by atoms with E-state index in [2.05, 4.69) is 27.1 Å². The number of hydrogen-bond donors (Lipinski definition) is 1. The van der Waals surface area contributed by atoms with E-state index in [4.69, 9.17) is 9.15 Å². The fraction of sp³-hybridized carbons (Fsp3) is 0.318. The molecular weight excluding hydrogens is 398 g/mol. The Morgan fingerprint density at radius 2 is 1.97 bits per heavy atom. The molecule has 1 aliphatic heterocycles. The second kappa shape index (κ2) is 9.15. The van der Waals surface area contributed by atoms with Gasteiger partial charge in [-0.15, -0.1) is 0 Å². The number of ether oxygens (including phenoxy) is 1. The standard InChI is InChI=1S/C22H25N5O4/c1-25-21(28)13-20(24-22(25)29)26(2)23-14-18-6-7-19(31-18)17-5-3-4-16(12-17)15-27-8-10-30-11-9-27/h3-7,12-14H,8-11,15H2,1-2H3,(H,24,29). The van der Waals surface area contributed by atoms with Gasteiger partial charge in [0.2, 0.25) is 0 Å². The smallest absolute Gasteiger partial charge is 0.329 e.